The minimum absolute atomic E-state index is 0.208. The van der Waals surface area contributed by atoms with Gasteiger partial charge < -0.3 is 14.8 Å². The number of amides is 1. The van der Waals surface area contributed by atoms with Gasteiger partial charge in [0.25, 0.3) is 5.91 Å². The lowest BCUT2D eigenvalue weighted by Gasteiger charge is -2.10. The molecule has 4 heterocycles. The third-order valence-electron chi connectivity index (χ3n) is 5.31. The summed E-state index contributed by atoms with van der Waals surface area (Å²) in [5.74, 6) is 0.732. The van der Waals surface area contributed by atoms with Crippen LogP contribution >= 0.6 is 0 Å². The van der Waals surface area contributed by atoms with E-state index < -0.39 is 0 Å². The minimum atomic E-state index is -0.217. The molecule has 2 N–H and O–H groups in total. The number of hydrogen-bond donors (Lipinski definition) is 2. The smallest absolute Gasteiger partial charge is 0.252 e. The number of benzene rings is 1. The molecule has 0 unspecified atom stereocenters. The first-order valence-corrected chi connectivity index (χ1v) is 10.5. The summed E-state index contributed by atoms with van der Waals surface area (Å²) in [5.41, 5.74) is 3.46. The normalized spacial score (nSPS) is 11.0. The number of aromatic nitrogens is 4. The Kier molecular flexibility index (Phi) is 5.55. The van der Waals surface area contributed by atoms with Gasteiger partial charge in [0, 0.05) is 24.5 Å². The van der Waals surface area contributed by atoms with E-state index in [1.165, 1.54) is 0 Å². The van der Waals surface area contributed by atoms with Crippen LogP contribution < -0.4 is 5.32 Å². The second-order valence-corrected chi connectivity index (χ2v) is 7.59. The fourth-order valence-electron chi connectivity index (χ4n) is 3.69. The van der Waals surface area contributed by atoms with Gasteiger partial charge in [0.15, 0.2) is 5.65 Å². The maximum atomic E-state index is 13.2. The molecule has 1 aromatic carbocycles. The number of phenols is 1. The average Bonchev–Trinajstić information content (AvgIpc) is 3.49. The van der Waals surface area contributed by atoms with Crippen LogP contribution in [0.25, 0.3) is 22.3 Å². The highest BCUT2D eigenvalue weighted by atomic mass is 16.3. The van der Waals surface area contributed by atoms with Crippen LogP contribution in [0.3, 0.4) is 0 Å². The fraction of sp³-hybridized carbons (Fsp3) is 0.120. The molecular weight excluding hydrogens is 418 g/mol. The van der Waals surface area contributed by atoms with Crippen molar-refractivity contribution in [2.75, 3.05) is 6.54 Å². The second kappa shape index (κ2) is 8.96. The quantitative estimate of drug-likeness (QED) is 0.399. The van der Waals surface area contributed by atoms with Gasteiger partial charge in [-0.05, 0) is 54.4 Å². The highest BCUT2D eigenvalue weighted by molar-refractivity contribution is 6.06. The molecular formula is C25H21N5O3. The molecule has 1 amide bonds. The third-order valence-corrected chi connectivity index (χ3v) is 5.31. The monoisotopic (exact) mass is 439 g/mol. The number of hydrogen-bond acceptors (Lipinski definition) is 6. The van der Waals surface area contributed by atoms with Gasteiger partial charge in [0.1, 0.15) is 18.1 Å². The van der Waals surface area contributed by atoms with E-state index in [0.29, 0.717) is 41.8 Å². The number of fused-ring (bicyclic) bond motifs is 1. The number of carbonyl (C=O) groups is 1. The van der Waals surface area contributed by atoms with Crippen LogP contribution in [0.2, 0.25) is 0 Å². The lowest BCUT2D eigenvalue weighted by Crippen LogP contribution is -2.26. The van der Waals surface area contributed by atoms with Crippen molar-refractivity contribution in [3.63, 3.8) is 0 Å². The number of phenolic OH excluding ortho intramolecular Hbond substituents is 1. The third kappa shape index (κ3) is 4.45. The van der Waals surface area contributed by atoms with E-state index >= 15 is 0 Å². The molecule has 0 radical (unpaired) electrons. The number of furan rings is 1. The van der Waals surface area contributed by atoms with Crippen molar-refractivity contribution in [1.82, 2.24) is 25.1 Å². The van der Waals surface area contributed by atoms with E-state index in [9.17, 15) is 9.90 Å². The molecule has 0 spiro atoms. The summed E-state index contributed by atoms with van der Waals surface area (Å²) in [7, 11) is 0. The van der Waals surface area contributed by atoms with Gasteiger partial charge in [-0.3, -0.25) is 9.78 Å². The zero-order valence-electron chi connectivity index (χ0n) is 17.7. The van der Waals surface area contributed by atoms with Crippen LogP contribution in [0.15, 0.2) is 83.9 Å². The van der Waals surface area contributed by atoms with Gasteiger partial charge in [0.2, 0.25) is 0 Å². The van der Waals surface area contributed by atoms with Crippen molar-refractivity contribution in [2.45, 2.75) is 13.0 Å². The summed E-state index contributed by atoms with van der Waals surface area (Å²) in [5, 5.41) is 17.7. The molecule has 0 saturated carbocycles. The number of carbonyl (C=O) groups excluding carboxylic acids is 1. The van der Waals surface area contributed by atoms with Crippen molar-refractivity contribution in [3.05, 3.63) is 96.3 Å². The topological polar surface area (TPSA) is 106 Å². The van der Waals surface area contributed by atoms with Crippen LogP contribution in [-0.2, 0) is 13.0 Å². The molecule has 0 bridgehead atoms. The SMILES string of the molecule is O=C(NCCc1cccc(O)c1)c1cc(-c2cccnc2)nc2c1cnn2Cc1ccco1. The Hall–Kier alpha value is -4.46. The molecule has 5 aromatic rings. The van der Waals surface area contributed by atoms with Crippen LogP contribution in [0.5, 0.6) is 5.75 Å². The molecule has 0 atom stereocenters. The number of pyridine rings is 2. The number of rotatable bonds is 7. The Morgan fingerprint density at radius 1 is 1.09 bits per heavy atom. The molecule has 0 fully saturated rings. The molecule has 4 aromatic heterocycles. The number of nitrogens with one attached hydrogen (secondary N) is 1. The largest absolute Gasteiger partial charge is 0.508 e. The maximum Gasteiger partial charge on any atom is 0.252 e. The van der Waals surface area contributed by atoms with Gasteiger partial charge in [0.05, 0.1) is 29.1 Å². The molecule has 0 aliphatic heterocycles. The van der Waals surface area contributed by atoms with Gasteiger partial charge in [-0.1, -0.05) is 12.1 Å². The van der Waals surface area contributed by atoms with Gasteiger partial charge in [-0.15, -0.1) is 0 Å². The molecule has 164 valence electrons. The summed E-state index contributed by atoms with van der Waals surface area (Å²) in [6.45, 7) is 0.827. The number of aromatic hydroxyl groups is 1. The standard InChI is InChI=1S/C25H21N5O3/c31-19-6-1-4-17(12-19)8-10-27-25(32)21-13-23(18-5-2-9-26-14-18)29-24-22(21)15-28-30(24)16-20-7-3-11-33-20/h1-7,9,11-15,31H,8,10,16H2,(H,27,32). The fourth-order valence-corrected chi connectivity index (χ4v) is 3.69. The van der Waals surface area contributed by atoms with Crippen molar-refractivity contribution in [1.29, 1.82) is 0 Å². The Balaban J connectivity index is 1.47. The predicted molar refractivity (Wildman–Crippen MR) is 123 cm³/mol. The minimum Gasteiger partial charge on any atom is -0.508 e. The van der Waals surface area contributed by atoms with Crippen molar-refractivity contribution in [2.24, 2.45) is 0 Å². The second-order valence-electron chi connectivity index (χ2n) is 7.59. The van der Waals surface area contributed by atoms with E-state index in [-0.39, 0.29) is 11.7 Å². The maximum absolute atomic E-state index is 13.2. The highest BCUT2D eigenvalue weighted by Crippen LogP contribution is 2.25. The van der Waals surface area contributed by atoms with Crippen molar-refractivity contribution >= 4 is 16.9 Å². The van der Waals surface area contributed by atoms with E-state index in [2.05, 4.69) is 15.4 Å². The molecule has 0 aliphatic rings. The molecule has 0 saturated heterocycles. The Labute approximate surface area is 189 Å². The Morgan fingerprint density at radius 3 is 2.82 bits per heavy atom. The molecule has 8 nitrogen and oxygen atoms in total. The summed E-state index contributed by atoms with van der Waals surface area (Å²) in [6.07, 6.45) is 7.27. The predicted octanol–water partition coefficient (Wildman–Crippen LogP) is 3.81. The summed E-state index contributed by atoms with van der Waals surface area (Å²) >= 11 is 0. The lowest BCUT2D eigenvalue weighted by molar-refractivity contribution is 0.0955. The van der Waals surface area contributed by atoms with Gasteiger partial charge >= 0.3 is 0 Å². The highest BCUT2D eigenvalue weighted by Gasteiger charge is 2.18. The van der Waals surface area contributed by atoms with E-state index in [1.54, 1.807) is 53.8 Å². The van der Waals surface area contributed by atoms with E-state index in [4.69, 9.17) is 9.40 Å². The van der Waals surface area contributed by atoms with Crippen LogP contribution in [0.4, 0.5) is 0 Å². The zero-order valence-corrected chi connectivity index (χ0v) is 17.7. The number of nitrogens with zero attached hydrogens (tertiary/aromatic N) is 4. The molecule has 33 heavy (non-hydrogen) atoms. The van der Waals surface area contributed by atoms with E-state index in [0.717, 1.165) is 16.9 Å². The zero-order chi connectivity index (χ0) is 22.6. The van der Waals surface area contributed by atoms with Crippen molar-refractivity contribution < 1.29 is 14.3 Å². The van der Waals surface area contributed by atoms with Crippen LogP contribution in [0, 0.1) is 0 Å². The Morgan fingerprint density at radius 2 is 2.03 bits per heavy atom. The first kappa shape index (κ1) is 20.4. The summed E-state index contributed by atoms with van der Waals surface area (Å²) in [6, 6.07) is 16.2. The molecule has 5 rings (SSSR count). The lowest BCUT2D eigenvalue weighted by atomic mass is 10.1. The van der Waals surface area contributed by atoms with Crippen LogP contribution in [0.1, 0.15) is 21.7 Å². The Bertz CT molecular complexity index is 1390. The first-order valence-electron chi connectivity index (χ1n) is 10.5. The summed E-state index contributed by atoms with van der Waals surface area (Å²) in [4.78, 5) is 22.1. The van der Waals surface area contributed by atoms with Gasteiger partial charge in [-0.25, -0.2) is 9.67 Å². The van der Waals surface area contributed by atoms with Gasteiger partial charge in [-0.2, -0.15) is 5.10 Å². The molecule has 8 heteroatoms. The summed E-state index contributed by atoms with van der Waals surface area (Å²) < 4.78 is 7.18. The van der Waals surface area contributed by atoms with Crippen molar-refractivity contribution in [3.8, 4) is 17.0 Å². The molecule has 0 aliphatic carbocycles. The van der Waals surface area contributed by atoms with E-state index in [1.807, 2.05) is 30.3 Å². The van der Waals surface area contributed by atoms with Crippen LogP contribution in [-0.4, -0.2) is 37.3 Å². The average molecular weight is 439 g/mol. The first-order chi connectivity index (χ1) is 16.2.